The van der Waals surface area contributed by atoms with E-state index in [0.717, 1.165) is 24.7 Å². The van der Waals surface area contributed by atoms with Gasteiger partial charge in [-0.25, -0.2) is 4.98 Å². The van der Waals surface area contributed by atoms with E-state index in [1.54, 1.807) is 17.1 Å². The molecule has 1 rings (SSSR count). The second-order valence-electron chi connectivity index (χ2n) is 4.08. The predicted octanol–water partition coefficient (Wildman–Crippen LogP) is 2.45. The Morgan fingerprint density at radius 2 is 2.18 bits per heavy atom. The van der Waals surface area contributed by atoms with E-state index in [0.29, 0.717) is 11.7 Å². The maximum Gasteiger partial charge on any atom is 0.274 e. The number of carbonyl (C=O) groups is 1. The Morgan fingerprint density at radius 1 is 1.53 bits per heavy atom. The summed E-state index contributed by atoms with van der Waals surface area (Å²) in [6.07, 6.45) is 5.38. The van der Waals surface area contributed by atoms with E-state index in [-0.39, 0.29) is 5.91 Å². The number of aromatic nitrogens is 2. The Morgan fingerprint density at radius 3 is 2.59 bits per heavy atom. The van der Waals surface area contributed by atoms with Gasteiger partial charge in [0.25, 0.3) is 5.91 Å². The van der Waals surface area contributed by atoms with Gasteiger partial charge in [0.1, 0.15) is 5.69 Å². The molecule has 5 heteroatoms. The van der Waals surface area contributed by atoms with Crippen molar-refractivity contribution >= 4 is 21.8 Å². The van der Waals surface area contributed by atoms with Crippen LogP contribution in [0, 0.1) is 0 Å². The number of hydrogen-bond donors (Lipinski definition) is 0. The molecule has 1 amide bonds. The van der Waals surface area contributed by atoms with Gasteiger partial charge in [-0.05, 0) is 12.8 Å². The van der Waals surface area contributed by atoms with Crippen molar-refractivity contribution in [2.24, 2.45) is 7.05 Å². The summed E-state index contributed by atoms with van der Waals surface area (Å²) in [7, 11) is 1.87. The standard InChI is InChI=1S/C12H20BrN3O/c1-4-10(5-2)16(7-6-13)12(17)11-8-15(3)9-14-11/h8-10H,4-7H2,1-3H3. The van der Waals surface area contributed by atoms with E-state index in [2.05, 4.69) is 34.8 Å². The molecule has 0 aliphatic carbocycles. The van der Waals surface area contributed by atoms with Crippen molar-refractivity contribution in [3.63, 3.8) is 0 Å². The van der Waals surface area contributed by atoms with Crippen molar-refractivity contribution in [2.45, 2.75) is 32.7 Å². The molecule has 0 aliphatic rings. The number of nitrogens with zero attached hydrogens (tertiary/aromatic N) is 3. The third kappa shape index (κ3) is 3.56. The molecule has 4 nitrogen and oxygen atoms in total. The highest BCUT2D eigenvalue weighted by atomic mass is 79.9. The number of aryl methyl sites for hydroxylation is 1. The van der Waals surface area contributed by atoms with Gasteiger partial charge in [-0.15, -0.1) is 0 Å². The summed E-state index contributed by atoms with van der Waals surface area (Å²) in [6.45, 7) is 4.95. The molecule has 1 aromatic rings. The normalized spacial score (nSPS) is 10.9. The van der Waals surface area contributed by atoms with Gasteiger partial charge in [0.2, 0.25) is 0 Å². The highest BCUT2D eigenvalue weighted by Gasteiger charge is 2.23. The van der Waals surface area contributed by atoms with Gasteiger partial charge in [0.05, 0.1) is 6.33 Å². The fourth-order valence-electron chi connectivity index (χ4n) is 1.94. The molecular formula is C12H20BrN3O. The molecule has 0 saturated heterocycles. The molecule has 0 atom stereocenters. The summed E-state index contributed by atoms with van der Waals surface area (Å²) in [5.74, 6) is 0.0266. The predicted molar refractivity (Wildman–Crippen MR) is 72.4 cm³/mol. The Balaban J connectivity index is 2.86. The molecule has 0 fully saturated rings. The zero-order chi connectivity index (χ0) is 12.8. The van der Waals surface area contributed by atoms with E-state index < -0.39 is 0 Å². The van der Waals surface area contributed by atoms with Gasteiger partial charge in [-0.3, -0.25) is 4.79 Å². The second-order valence-corrected chi connectivity index (χ2v) is 4.88. The Labute approximate surface area is 111 Å². The van der Waals surface area contributed by atoms with Gasteiger partial charge in [-0.1, -0.05) is 29.8 Å². The minimum Gasteiger partial charge on any atom is -0.340 e. The van der Waals surface area contributed by atoms with Crippen LogP contribution in [0.3, 0.4) is 0 Å². The van der Waals surface area contributed by atoms with Crippen LogP contribution in [0.15, 0.2) is 12.5 Å². The number of rotatable bonds is 6. The molecule has 0 N–H and O–H groups in total. The van der Waals surface area contributed by atoms with Crippen LogP contribution in [0.1, 0.15) is 37.2 Å². The first-order chi connectivity index (χ1) is 8.13. The Kier molecular flexibility index (Phi) is 5.68. The molecule has 0 aliphatic heterocycles. The molecule has 1 aromatic heterocycles. The molecule has 17 heavy (non-hydrogen) atoms. The average molecular weight is 302 g/mol. The van der Waals surface area contributed by atoms with Crippen molar-refractivity contribution in [2.75, 3.05) is 11.9 Å². The molecular weight excluding hydrogens is 282 g/mol. The first kappa shape index (κ1) is 14.2. The van der Waals surface area contributed by atoms with Crippen LogP contribution in [0.4, 0.5) is 0 Å². The lowest BCUT2D eigenvalue weighted by Gasteiger charge is -2.29. The van der Waals surface area contributed by atoms with Crippen LogP contribution >= 0.6 is 15.9 Å². The summed E-state index contributed by atoms with van der Waals surface area (Å²) in [4.78, 5) is 18.4. The van der Waals surface area contributed by atoms with E-state index in [1.807, 2.05) is 11.9 Å². The molecule has 0 aromatic carbocycles. The quantitative estimate of drug-likeness (QED) is 0.757. The third-order valence-corrected chi connectivity index (χ3v) is 3.25. The third-order valence-electron chi connectivity index (χ3n) is 2.89. The lowest BCUT2D eigenvalue weighted by atomic mass is 10.1. The summed E-state index contributed by atoms with van der Waals surface area (Å²) in [5.41, 5.74) is 0.528. The van der Waals surface area contributed by atoms with Crippen LogP contribution in [0.5, 0.6) is 0 Å². The minimum absolute atomic E-state index is 0.0266. The van der Waals surface area contributed by atoms with Crippen LogP contribution in [-0.2, 0) is 7.05 Å². The van der Waals surface area contributed by atoms with Gasteiger partial charge < -0.3 is 9.47 Å². The average Bonchev–Trinajstić information content (AvgIpc) is 2.75. The van der Waals surface area contributed by atoms with Crippen LogP contribution in [-0.4, -0.2) is 38.3 Å². The van der Waals surface area contributed by atoms with Crippen molar-refractivity contribution in [1.82, 2.24) is 14.5 Å². The summed E-state index contributed by atoms with van der Waals surface area (Å²) in [5, 5.41) is 0.794. The first-order valence-electron chi connectivity index (χ1n) is 5.98. The van der Waals surface area contributed by atoms with Gasteiger partial charge in [0.15, 0.2) is 0 Å². The number of alkyl halides is 1. The molecule has 0 unspecified atom stereocenters. The van der Waals surface area contributed by atoms with Crippen molar-refractivity contribution < 1.29 is 4.79 Å². The summed E-state index contributed by atoms with van der Waals surface area (Å²) in [6, 6.07) is 0.294. The monoisotopic (exact) mass is 301 g/mol. The van der Waals surface area contributed by atoms with Crippen LogP contribution < -0.4 is 0 Å². The van der Waals surface area contributed by atoms with Crippen molar-refractivity contribution in [3.8, 4) is 0 Å². The largest absolute Gasteiger partial charge is 0.340 e. The number of imidazole rings is 1. The zero-order valence-corrected chi connectivity index (χ0v) is 12.3. The van der Waals surface area contributed by atoms with Gasteiger partial charge in [0, 0.05) is 31.2 Å². The zero-order valence-electron chi connectivity index (χ0n) is 10.7. The van der Waals surface area contributed by atoms with Gasteiger partial charge >= 0.3 is 0 Å². The smallest absolute Gasteiger partial charge is 0.274 e. The maximum absolute atomic E-state index is 12.3. The lowest BCUT2D eigenvalue weighted by Crippen LogP contribution is -2.41. The topological polar surface area (TPSA) is 38.1 Å². The molecule has 1 heterocycles. The van der Waals surface area contributed by atoms with Crippen LogP contribution in [0.25, 0.3) is 0 Å². The molecule has 0 radical (unpaired) electrons. The van der Waals surface area contributed by atoms with Crippen LogP contribution in [0.2, 0.25) is 0 Å². The number of halogens is 1. The Bertz CT molecular complexity index is 360. The minimum atomic E-state index is 0.0266. The number of carbonyl (C=O) groups excluding carboxylic acids is 1. The fourth-order valence-corrected chi connectivity index (χ4v) is 2.32. The molecule has 96 valence electrons. The van der Waals surface area contributed by atoms with Gasteiger partial charge in [-0.2, -0.15) is 0 Å². The second kappa shape index (κ2) is 6.79. The lowest BCUT2D eigenvalue weighted by molar-refractivity contribution is 0.0677. The highest BCUT2D eigenvalue weighted by molar-refractivity contribution is 9.09. The van der Waals surface area contributed by atoms with Crippen molar-refractivity contribution in [1.29, 1.82) is 0 Å². The Hall–Kier alpha value is -0.840. The van der Waals surface area contributed by atoms with E-state index in [4.69, 9.17) is 0 Å². The SMILES string of the molecule is CCC(CC)N(CCBr)C(=O)c1cn(C)cn1. The van der Waals surface area contributed by atoms with Crippen molar-refractivity contribution in [3.05, 3.63) is 18.2 Å². The van der Waals surface area contributed by atoms with E-state index in [9.17, 15) is 4.79 Å². The number of amides is 1. The molecule has 0 bridgehead atoms. The summed E-state index contributed by atoms with van der Waals surface area (Å²) < 4.78 is 1.80. The molecule has 0 spiro atoms. The van der Waals surface area contributed by atoms with E-state index >= 15 is 0 Å². The highest BCUT2D eigenvalue weighted by Crippen LogP contribution is 2.13. The first-order valence-corrected chi connectivity index (χ1v) is 7.11. The van der Waals surface area contributed by atoms with E-state index in [1.165, 1.54) is 0 Å². The molecule has 0 saturated carbocycles. The number of hydrogen-bond acceptors (Lipinski definition) is 2. The summed E-state index contributed by atoms with van der Waals surface area (Å²) >= 11 is 3.40. The maximum atomic E-state index is 12.3. The fraction of sp³-hybridized carbons (Fsp3) is 0.667.